The molecule has 3 nitrogen and oxygen atoms in total. The van der Waals surface area contributed by atoms with E-state index in [0.717, 1.165) is 5.56 Å². The van der Waals surface area contributed by atoms with E-state index in [0.29, 0.717) is 17.1 Å². The van der Waals surface area contributed by atoms with Gasteiger partial charge in [0.2, 0.25) is 0 Å². The van der Waals surface area contributed by atoms with Gasteiger partial charge in [0.15, 0.2) is 0 Å². The van der Waals surface area contributed by atoms with E-state index in [4.69, 9.17) is 16.0 Å². The minimum atomic E-state index is -0.698. The van der Waals surface area contributed by atoms with Gasteiger partial charge in [-0.1, -0.05) is 11.6 Å². The Morgan fingerprint density at radius 1 is 1.47 bits per heavy atom. The molecule has 4 heteroatoms. The zero-order valence-electron chi connectivity index (χ0n) is 7.93. The molecule has 0 saturated heterocycles. The van der Waals surface area contributed by atoms with Gasteiger partial charge in [-0.25, -0.2) is 0 Å². The molecule has 2 aromatic heterocycles. The van der Waals surface area contributed by atoms with Crippen LogP contribution in [0.25, 0.3) is 0 Å². The van der Waals surface area contributed by atoms with Crippen LogP contribution in [0.15, 0.2) is 41.3 Å². The van der Waals surface area contributed by atoms with E-state index in [9.17, 15) is 5.11 Å². The molecule has 0 radical (unpaired) electrons. The maximum absolute atomic E-state index is 9.88. The van der Waals surface area contributed by atoms with Gasteiger partial charge in [0, 0.05) is 12.6 Å². The highest BCUT2D eigenvalue weighted by Crippen LogP contribution is 2.23. The van der Waals surface area contributed by atoms with Crippen molar-refractivity contribution in [3.8, 4) is 0 Å². The smallest absolute Gasteiger partial charge is 0.102 e. The third-order valence-electron chi connectivity index (χ3n) is 2.11. The van der Waals surface area contributed by atoms with Crippen molar-refractivity contribution in [2.75, 3.05) is 0 Å². The van der Waals surface area contributed by atoms with E-state index in [1.165, 1.54) is 0 Å². The first kappa shape index (κ1) is 10.2. The Labute approximate surface area is 92.3 Å². The number of halogens is 1. The van der Waals surface area contributed by atoms with Crippen LogP contribution >= 0.6 is 11.6 Å². The fraction of sp³-hybridized carbons (Fsp3) is 0.182. The zero-order chi connectivity index (χ0) is 10.7. The van der Waals surface area contributed by atoms with Gasteiger partial charge in [0.1, 0.15) is 6.10 Å². The summed E-state index contributed by atoms with van der Waals surface area (Å²) in [5.41, 5.74) is 1.42. The Morgan fingerprint density at radius 3 is 3.00 bits per heavy atom. The summed E-state index contributed by atoms with van der Waals surface area (Å²) in [6, 6.07) is 5.25. The molecule has 15 heavy (non-hydrogen) atoms. The maximum Gasteiger partial charge on any atom is 0.102 e. The predicted molar refractivity (Wildman–Crippen MR) is 56.6 cm³/mol. The molecule has 0 aromatic carbocycles. The average molecular weight is 224 g/mol. The Balaban J connectivity index is 2.15. The largest absolute Gasteiger partial charge is 0.472 e. The molecule has 0 aliphatic heterocycles. The fourth-order valence-corrected chi connectivity index (χ4v) is 1.62. The Hall–Kier alpha value is -1.32. The van der Waals surface area contributed by atoms with Crippen LogP contribution in [0.2, 0.25) is 5.02 Å². The van der Waals surface area contributed by atoms with Gasteiger partial charge in [-0.2, -0.15) is 0 Å². The van der Waals surface area contributed by atoms with Crippen molar-refractivity contribution >= 4 is 11.6 Å². The van der Waals surface area contributed by atoms with Gasteiger partial charge in [0.25, 0.3) is 0 Å². The minimum Gasteiger partial charge on any atom is -0.472 e. The highest BCUT2D eigenvalue weighted by atomic mass is 35.5. The van der Waals surface area contributed by atoms with E-state index >= 15 is 0 Å². The second-order valence-electron chi connectivity index (χ2n) is 3.22. The SMILES string of the molecule is OC(Cc1ccoc1)c1ncccc1Cl. The second kappa shape index (κ2) is 4.47. The number of rotatable bonds is 3. The van der Waals surface area contributed by atoms with E-state index in [2.05, 4.69) is 4.98 Å². The first-order valence-electron chi connectivity index (χ1n) is 4.57. The van der Waals surface area contributed by atoms with Crippen LogP contribution in [0.4, 0.5) is 0 Å². The molecule has 1 unspecified atom stereocenters. The molecule has 2 aromatic rings. The van der Waals surface area contributed by atoms with Crippen LogP contribution in [-0.4, -0.2) is 10.1 Å². The maximum atomic E-state index is 9.88. The number of furan rings is 1. The van der Waals surface area contributed by atoms with Gasteiger partial charge in [0.05, 0.1) is 23.2 Å². The van der Waals surface area contributed by atoms with E-state index < -0.39 is 6.10 Å². The van der Waals surface area contributed by atoms with Gasteiger partial charge < -0.3 is 9.52 Å². The lowest BCUT2D eigenvalue weighted by Crippen LogP contribution is -2.04. The minimum absolute atomic E-state index is 0.452. The number of aromatic nitrogens is 1. The molecule has 0 aliphatic carbocycles. The number of nitrogens with zero attached hydrogens (tertiary/aromatic N) is 1. The molecule has 0 spiro atoms. The lowest BCUT2D eigenvalue weighted by molar-refractivity contribution is 0.173. The normalized spacial score (nSPS) is 12.7. The number of pyridine rings is 1. The molecule has 2 heterocycles. The van der Waals surface area contributed by atoms with Crippen molar-refractivity contribution in [3.63, 3.8) is 0 Å². The summed E-state index contributed by atoms with van der Waals surface area (Å²) in [5, 5.41) is 10.4. The van der Waals surface area contributed by atoms with Crippen molar-refractivity contribution in [1.29, 1.82) is 0 Å². The number of hydrogen-bond acceptors (Lipinski definition) is 3. The van der Waals surface area contributed by atoms with Gasteiger partial charge in [-0.15, -0.1) is 0 Å². The average Bonchev–Trinajstić information content (AvgIpc) is 2.71. The summed E-state index contributed by atoms with van der Waals surface area (Å²) in [5.74, 6) is 0. The third kappa shape index (κ3) is 2.37. The van der Waals surface area contributed by atoms with Crippen LogP contribution in [0.1, 0.15) is 17.4 Å². The van der Waals surface area contributed by atoms with E-state index in [-0.39, 0.29) is 0 Å². The summed E-state index contributed by atoms with van der Waals surface area (Å²) in [4.78, 5) is 4.05. The van der Waals surface area contributed by atoms with Crippen molar-refractivity contribution in [1.82, 2.24) is 4.98 Å². The first-order valence-corrected chi connectivity index (χ1v) is 4.94. The summed E-state index contributed by atoms with van der Waals surface area (Å²) in [6.07, 6.45) is 4.53. The molecule has 0 saturated carbocycles. The second-order valence-corrected chi connectivity index (χ2v) is 3.63. The first-order chi connectivity index (χ1) is 7.27. The van der Waals surface area contributed by atoms with Crippen molar-refractivity contribution < 1.29 is 9.52 Å². The molecule has 0 fully saturated rings. The number of hydrogen-bond donors (Lipinski definition) is 1. The highest BCUT2D eigenvalue weighted by molar-refractivity contribution is 6.31. The monoisotopic (exact) mass is 223 g/mol. The van der Waals surface area contributed by atoms with E-state index in [1.54, 1.807) is 36.9 Å². The zero-order valence-corrected chi connectivity index (χ0v) is 8.69. The Bertz CT molecular complexity index is 428. The van der Waals surface area contributed by atoms with Crippen molar-refractivity contribution in [2.24, 2.45) is 0 Å². The van der Waals surface area contributed by atoms with Crippen LogP contribution in [-0.2, 0) is 6.42 Å². The lowest BCUT2D eigenvalue weighted by atomic mass is 10.1. The molecule has 1 atom stereocenters. The van der Waals surface area contributed by atoms with E-state index in [1.807, 2.05) is 0 Å². The number of aliphatic hydroxyl groups excluding tert-OH is 1. The molecule has 2 rings (SSSR count). The molecule has 0 aliphatic rings. The highest BCUT2D eigenvalue weighted by Gasteiger charge is 2.13. The van der Waals surface area contributed by atoms with Crippen LogP contribution < -0.4 is 0 Å². The topological polar surface area (TPSA) is 46.3 Å². The third-order valence-corrected chi connectivity index (χ3v) is 2.43. The molecule has 0 bridgehead atoms. The van der Waals surface area contributed by atoms with Gasteiger partial charge >= 0.3 is 0 Å². The summed E-state index contributed by atoms with van der Waals surface area (Å²) in [6.45, 7) is 0. The fourth-order valence-electron chi connectivity index (χ4n) is 1.37. The van der Waals surface area contributed by atoms with Crippen molar-refractivity contribution in [2.45, 2.75) is 12.5 Å². The molecule has 0 amide bonds. The predicted octanol–water partition coefficient (Wildman–Crippen LogP) is 2.60. The van der Waals surface area contributed by atoms with Gasteiger partial charge in [-0.3, -0.25) is 4.98 Å². The summed E-state index contributed by atoms with van der Waals surface area (Å²) < 4.78 is 4.92. The quantitative estimate of drug-likeness (QED) is 0.870. The van der Waals surface area contributed by atoms with Crippen LogP contribution in [0, 0.1) is 0 Å². The van der Waals surface area contributed by atoms with Gasteiger partial charge in [-0.05, 0) is 23.8 Å². The van der Waals surface area contributed by atoms with Crippen LogP contribution in [0.5, 0.6) is 0 Å². The number of aliphatic hydroxyl groups is 1. The Morgan fingerprint density at radius 2 is 2.33 bits per heavy atom. The standard InChI is InChI=1S/C11H10ClNO2/c12-9-2-1-4-13-11(9)10(14)6-8-3-5-15-7-8/h1-5,7,10,14H,6H2. The van der Waals surface area contributed by atoms with Crippen molar-refractivity contribution in [3.05, 3.63) is 53.2 Å². The lowest BCUT2D eigenvalue weighted by Gasteiger charge is -2.09. The summed E-state index contributed by atoms with van der Waals surface area (Å²) in [7, 11) is 0. The molecule has 1 N–H and O–H groups in total. The molecular formula is C11H10ClNO2. The Kier molecular flexibility index (Phi) is 3.04. The summed E-state index contributed by atoms with van der Waals surface area (Å²) >= 11 is 5.91. The molecule has 78 valence electrons. The van der Waals surface area contributed by atoms with Crippen LogP contribution in [0.3, 0.4) is 0 Å². The molecular weight excluding hydrogens is 214 g/mol.